The molecular weight excluding hydrogens is 330 g/mol. The first-order valence-electron chi connectivity index (χ1n) is 7.93. The summed E-state index contributed by atoms with van der Waals surface area (Å²) in [6.45, 7) is 6.35. The lowest BCUT2D eigenvalue weighted by Crippen LogP contribution is -2.47. The number of hydrogen-bond donors (Lipinski definition) is 2. The van der Waals surface area contributed by atoms with Gasteiger partial charge < -0.3 is 15.4 Å². The van der Waals surface area contributed by atoms with E-state index >= 15 is 0 Å². The second-order valence-electron chi connectivity index (χ2n) is 6.90. The number of para-hydroxylation sites is 1. The molecule has 0 aromatic heterocycles. The van der Waals surface area contributed by atoms with E-state index in [1.807, 2.05) is 20.8 Å². The van der Waals surface area contributed by atoms with E-state index in [1.54, 1.807) is 23.1 Å². The highest BCUT2D eigenvalue weighted by Crippen LogP contribution is 2.20. The van der Waals surface area contributed by atoms with E-state index in [2.05, 4.69) is 4.72 Å². The summed E-state index contributed by atoms with van der Waals surface area (Å²) in [5.74, 6) is 0. The lowest BCUT2D eigenvalue weighted by Gasteiger charge is -2.33. The van der Waals surface area contributed by atoms with E-state index in [0.29, 0.717) is 25.9 Å². The molecule has 0 radical (unpaired) electrons. The highest BCUT2D eigenvalue weighted by Gasteiger charge is 2.29. The van der Waals surface area contributed by atoms with Gasteiger partial charge in [0.05, 0.1) is 5.69 Å². The molecule has 0 spiro atoms. The van der Waals surface area contributed by atoms with Crippen LogP contribution in [0.25, 0.3) is 0 Å². The number of ether oxygens (including phenoxy) is 1. The minimum atomic E-state index is -3.67. The Balaban J connectivity index is 1.94. The maximum absolute atomic E-state index is 12.4. The Morgan fingerprint density at radius 3 is 2.38 bits per heavy atom. The van der Waals surface area contributed by atoms with E-state index < -0.39 is 15.6 Å². The van der Waals surface area contributed by atoms with Crippen LogP contribution in [0.4, 0.5) is 10.5 Å². The molecule has 0 bridgehead atoms. The number of sulfonamides is 1. The number of carbonyl (C=O) groups is 1. The average Bonchev–Trinajstić information content (AvgIpc) is 2.46. The molecule has 1 fully saturated rings. The van der Waals surface area contributed by atoms with Crippen LogP contribution in [0.5, 0.6) is 0 Å². The topological polar surface area (TPSA) is 102 Å². The van der Waals surface area contributed by atoms with Crippen molar-refractivity contribution in [3.63, 3.8) is 0 Å². The maximum atomic E-state index is 12.4. The lowest BCUT2D eigenvalue weighted by molar-refractivity contribution is 0.0204. The van der Waals surface area contributed by atoms with Crippen LogP contribution in [-0.4, -0.2) is 44.1 Å². The van der Waals surface area contributed by atoms with Crippen LogP contribution in [-0.2, 0) is 14.8 Å². The van der Waals surface area contributed by atoms with Gasteiger partial charge in [0.1, 0.15) is 10.5 Å². The van der Waals surface area contributed by atoms with Gasteiger partial charge in [0.25, 0.3) is 0 Å². The number of benzene rings is 1. The Hall–Kier alpha value is -1.80. The normalized spacial score (nSPS) is 16.9. The third kappa shape index (κ3) is 4.85. The third-order valence-electron chi connectivity index (χ3n) is 3.68. The van der Waals surface area contributed by atoms with E-state index in [9.17, 15) is 13.2 Å². The van der Waals surface area contributed by atoms with E-state index in [-0.39, 0.29) is 22.7 Å². The molecule has 1 aliphatic rings. The Morgan fingerprint density at radius 1 is 1.25 bits per heavy atom. The second-order valence-corrected chi connectivity index (χ2v) is 8.58. The van der Waals surface area contributed by atoms with E-state index in [1.165, 1.54) is 6.07 Å². The van der Waals surface area contributed by atoms with Crippen LogP contribution in [0.2, 0.25) is 0 Å². The molecule has 0 atom stereocenters. The fourth-order valence-electron chi connectivity index (χ4n) is 2.51. The monoisotopic (exact) mass is 355 g/mol. The van der Waals surface area contributed by atoms with Crippen LogP contribution in [0.15, 0.2) is 29.2 Å². The lowest BCUT2D eigenvalue weighted by atomic mass is 10.1. The Labute approximate surface area is 143 Å². The summed E-state index contributed by atoms with van der Waals surface area (Å²) in [5, 5.41) is 0. The number of rotatable bonds is 3. The van der Waals surface area contributed by atoms with Crippen molar-refractivity contribution in [3.8, 4) is 0 Å². The number of nitrogens with one attached hydrogen (secondary N) is 1. The molecule has 0 aliphatic carbocycles. The first-order valence-corrected chi connectivity index (χ1v) is 9.41. The largest absolute Gasteiger partial charge is 0.444 e. The van der Waals surface area contributed by atoms with Gasteiger partial charge in [0.15, 0.2) is 0 Å². The summed E-state index contributed by atoms with van der Waals surface area (Å²) in [7, 11) is -3.67. The van der Waals surface area contributed by atoms with Crippen LogP contribution in [0.1, 0.15) is 33.6 Å². The molecular formula is C16H25N3O4S. The number of nitrogens with zero attached hydrogens (tertiary/aromatic N) is 1. The van der Waals surface area contributed by atoms with Gasteiger partial charge in [-0.3, -0.25) is 0 Å². The fourth-order valence-corrected chi connectivity index (χ4v) is 3.95. The zero-order valence-corrected chi connectivity index (χ0v) is 15.1. The third-order valence-corrected chi connectivity index (χ3v) is 5.27. The SMILES string of the molecule is CC(C)(C)OC(=O)N1CCC(NS(=O)(=O)c2ccccc2N)CC1. The molecule has 3 N–H and O–H groups in total. The predicted molar refractivity (Wildman–Crippen MR) is 92.0 cm³/mol. The fraction of sp³-hybridized carbons (Fsp3) is 0.562. The average molecular weight is 355 g/mol. The van der Waals surface area contributed by atoms with Crippen molar-refractivity contribution < 1.29 is 17.9 Å². The van der Waals surface area contributed by atoms with Crippen molar-refractivity contribution in [3.05, 3.63) is 24.3 Å². The second kappa shape index (κ2) is 6.98. The Morgan fingerprint density at radius 2 is 1.83 bits per heavy atom. The van der Waals surface area contributed by atoms with Gasteiger partial charge in [-0.05, 0) is 45.7 Å². The van der Waals surface area contributed by atoms with E-state index in [0.717, 1.165) is 0 Å². The van der Waals surface area contributed by atoms with Gasteiger partial charge >= 0.3 is 6.09 Å². The summed E-state index contributed by atoms with van der Waals surface area (Å²) < 4.78 is 32.9. The molecule has 0 unspecified atom stereocenters. The van der Waals surface area contributed by atoms with Gasteiger partial charge in [0.2, 0.25) is 10.0 Å². The zero-order valence-electron chi connectivity index (χ0n) is 14.3. The first-order chi connectivity index (χ1) is 11.1. The van der Waals surface area contributed by atoms with Gasteiger partial charge in [-0.25, -0.2) is 17.9 Å². The number of nitrogens with two attached hydrogens (primary N) is 1. The number of hydrogen-bond acceptors (Lipinski definition) is 5. The number of anilines is 1. The zero-order chi connectivity index (χ0) is 18.0. The number of nitrogen functional groups attached to an aromatic ring is 1. The molecule has 1 aromatic carbocycles. The Kier molecular flexibility index (Phi) is 5.39. The van der Waals surface area contributed by atoms with Gasteiger partial charge in [-0.1, -0.05) is 12.1 Å². The van der Waals surface area contributed by atoms with Crippen LogP contribution < -0.4 is 10.5 Å². The molecule has 134 valence electrons. The molecule has 24 heavy (non-hydrogen) atoms. The number of amides is 1. The minimum Gasteiger partial charge on any atom is -0.444 e. The van der Waals surface area contributed by atoms with E-state index in [4.69, 9.17) is 10.5 Å². The minimum absolute atomic E-state index is 0.0829. The van der Waals surface area contributed by atoms with Crippen molar-refractivity contribution in [2.24, 2.45) is 0 Å². The maximum Gasteiger partial charge on any atom is 0.410 e. The highest BCUT2D eigenvalue weighted by atomic mass is 32.2. The number of piperidine rings is 1. The number of carbonyl (C=O) groups excluding carboxylic acids is 1. The Bertz CT molecular complexity index is 690. The van der Waals surface area contributed by atoms with Gasteiger partial charge in [0, 0.05) is 19.1 Å². The molecule has 1 aromatic rings. The van der Waals surface area contributed by atoms with Crippen molar-refractivity contribution in [2.45, 2.75) is 50.2 Å². The molecule has 1 amide bonds. The van der Waals surface area contributed by atoms with Crippen molar-refractivity contribution in [1.29, 1.82) is 0 Å². The summed E-state index contributed by atoms with van der Waals surface area (Å²) in [5.41, 5.74) is 5.42. The molecule has 2 rings (SSSR count). The molecule has 1 saturated heterocycles. The smallest absolute Gasteiger partial charge is 0.410 e. The van der Waals surface area contributed by atoms with Gasteiger partial charge in [-0.15, -0.1) is 0 Å². The van der Waals surface area contributed by atoms with Crippen molar-refractivity contribution in [1.82, 2.24) is 9.62 Å². The molecule has 7 nitrogen and oxygen atoms in total. The van der Waals surface area contributed by atoms with Crippen LogP contribution in [0, 0.1) is 0 Å². The van der Waals surface area contributed by atoms with Crippen LogP contribution in [0.3, 0.4) is 0 Å². The summed E-state index contributed by atoms with van der Waals surface area (Å²) in [4.78, 5) is 13.7. The van der Waals surface area contributed by atoms with Gasteiger partial charge in [-0.2, -0.15) is 0 Å². The van der Waals surface area contributed by atoms with Crippen molar-refractivity contribution >= 4 is 21.8 Å². The predicted octanol–water partition coefficient (Wildman–Crippen LogP) is 1.95. The first kappa shape index (κ1) is 18.5. The summed E-state index contributed by atoms with van der Waals surface area (Å²) in [6.07, 6.45) is 0.701. The molecule has 8 heteroatoms. The molecule has 0 saturated carbocycles. The van der Waals surface area contributed by atoms with Crippen molar-refractivity contribution in [2.75, 3.05) is 18.8 Å². The summed E-state index contributed by atoms with van der Waals surface area (Å²) in [6, 6.07) is 6.13. The molecule has 1 heterocycles. The summed E-state index contributed by atoms with van der Waals surface area (Å²) >= 11 is 0. The van der Waals surface area contributed by atoms with Crippen LogP contribution >= 0.6 is 0 Å². The quantitative estimate of drug-likeness (QED) is 0.807. The highest BCUT2D eigenvalue weighted by molar-refractivity contribution is 7.89. The standard InChI is InChI=1S/C16H25N3O4S/c1-16(2,3)23-15(20)19-10-8-12(9-11-19)18-24(21,22)14-7-5-4-6-13(14)17/h4-7,12,18H,8-11,17H2,1-3H3. The number of likely N-dealkylation sites (tertiary alicyclic amines) is 1. The molecule has 1 aliphatic heterocycles.